The fraction of sp³-hybridized carbons (Fsp3) is 0.591. The summed E-state index contributed by atoms with van der Waals surface area (Å²) in [6, 6.07) is 8.39. The average molecular weight is 514 g/mol. The molecular weight excluding hydrogens is 483 g/mol. The maximum Gasteiger partial charge on any atom is 0.288 e. The molecule has 6 nitrogen and oxygen atoms in total. The number of hydrogen-bond donors (Lipinski definition) is 1. The Morgan fingerprint density at radius 1 is 1.24 bits per heavy atom. The van der Waals surface area contributed by atoms with Crippen LogP contribution in [0.5, 0.6) is 0 Å². The number of ether oxygens (including phenoxy) is 2. The van der Waals surface area contributed by atoms with E-state index in [0.717, 1.165) is 25.1 Å². The minimum atomic E-state index is -0.493. The number of hydrogen-bond acceptors (Lipinski definition) is 5. The second-order valence-electron chi connectivity index (χ2n) is 7.68. The molecule has 160 valence electrons. The number of carbonyl (C=O) groups is 1. The standard InChI is InChI=1S/C22H31IN2O4/c1-3-28-22-18(5-4-14-26)19(16-6-8-17(23)9-7-16)15-20(29-22)21(27)25-12-10-24(2)11-13-25/h6-9,15,18-19,22,26H,3-5,10-14H2,1-2H3/t18-,19+,22+/m1/s1. The average Bonchev–Trinajstić information content (AvgIpc) is 2.73. The molecule has 0 spiro atoms. The van der Waals surface area contributed by atoms with Crippen LogP contribution in [0.1, 0.15) is 31.2 Å². The lowest BCUT2D eigenvalue weighted by atomic mass is 9.80. The van der Waals surface area contributed by atoms with Crippen LogP contribution >= 0.6 is 22.6 Å². The van der Waals surface area contributed by atoms with Crippen LogP contribution in [0.25, 0.3) is 0 Å². The first-order chi connectivity index (χ1) is 14.0. The number of rotatable bonds is 7. The summed E-state index contributed by atoms with van der Waals surface area (Å²) in [5.74, 6) is 0.386. The number of halogens is 1. The molecule has 0 radical (unpaired) electrons. The molecule has 3 atom stereocenters. The topological polar surface area (TPSA) is 62.2 Å². The van der Waals surface area contributed by atoms with E-state index in [4.69, 9.17) is 9.47 Å². The zero-order valence-electron chi connectivity index (χ0n) is 17.2. The summed E-state index contributed by atoms with van der Waals surface area (Å²) < 4.78 is 13.2. The Labute approximate surface area is 187 Å². The van der Waals surface area contributed by atoms with Gasteiger partial charge in [-0.1, -0.05) is 12.1 Å². The van der Waals surface area contributed by atoms with Gasteiger partial charge >= 0.3 is 0 Å². The monoisotopic (exact) mass is 514 g/mol. The van der Waals surface area contributed by atoms with Gasteiger partial charge < -0.3 is 24.4 Å². The van der Waals surface area contributed by atoms with Gasteiger partial charge in [-0.05, 0) is 73.2 Å². The molecular formula is C22H31IN2O4. The van der Waals surface area contributed by atoms with E-state index >= 15 is 0 Å². The molecule has 7 heteroatoms. The van der Waals surface area contributed by atoms with E-state index < -0.39 is 6.29 Å². The summed E-state index contributed by atoms with van der Waals surface area (Å²) in [4.78, 5) is 17.3. The molecule has 1 fully saturated rings. The lowest BCUT2D eigenvalue weighted by Gasteiger charge is -2.39. The predicted octanol–water partition coefficient (Wildman–Crippen LogP) is 2.81. The first-order valence-corrected chi connectivity index (χ1v) is 11.5. The van der Waals surface area contributed by atoms with Crippen molar-refractivity contribution in [1.82, 2.24) is 9.80 Å². The van der Waals surface area contributed by atoms with E-state index in [9.17, 15) is 9.90 Å². The van der Waals surface area contributed by atoms with Crippen molar-refractivity contribution in [3.63, 3.8) is 0 Å². The van der Waals surface area contributed by atoms with Crippen molar-refractivity contribution in [1.29, 1.82) is 0 Å². The number of aliphatic hydroxyl groups excluding tert-OH is 1. The summed E-state index contributed by atoms with van der Waals surface area (Å²) in [6.45, 7) is 5.73. The number of allylic oxidation sites excluding steroid dienone is 1. The number of benzene rings is 1. The lowest BCUT2D eigenvalue weighted by molar-refractivity contribution is -0.170. The molecule has 0 aromatic heterocycles. The van der Waals surface area contributed by atoms with Gasteiger partial charge in [0, 0.05) is 54.8 Å². The number of carbonyl (C=O) groups excluding carboxylic acids is 1. The number of nitrogens with zero attached hydrogens (tertiary/aromatic N) is 2. The van der Waals surface area contributed by atoms with Crippen LogP contribution in [-0.4, -0.2) is 73.5 Å². The van der Waals surface area contributed by atoms with E-state index in [1.165, 1.54) is 3.57 Å². The number of aliphatic hydroxyl groups is 1. The van der Waals surface area contributed by atoms with Crippen molar-refractivity contribution < 1.29 is 19.4 Å². The molecule has 1 aromatic carbocycles. The molecule has 0 unspecified atom stereocenters. The van der Waals surface area contributed by atoms with Crippen molar-refractivity contribution in [2.24, 2.45) is 5.92 Å². The fourth-order valence-electron chi connectivity index (χ4n) is 3.99. The van der Waals surface area contributed by atoms with E-state index in [1.54, 1.807) is 0 Å². The van der Waals surface area contributed by atoms with Crippen LogP contribution in [-0.2, 0) is 14.3 Å². The highest BCUT2D eigenvalue weighted by molar-refractivity contribution is 14.1. The molecule has 2 aliphatic heterocycles. The SMILES string of the molecule is CCO[C@H]1OC(C(=O)N2CCN(C)CC2)=C[C@@H](c2ccc(I)cc2)[C@H]1CCCO. The summed E-state index contributed by atoms with van der Waals surface area (Å²) in [5.41, 5.74) is 1.14. The van der Waals surface area contributed by atoms with Crippen LogP contribution in [0.15, 0.2) is 36.1 Å². The highest BCUT2D eigenvalue weighted by Gasteiger charge is 2.39. The lowest BCUT2D eigenvalue weighted by Crippen LogP contribution is -2.49. The molecule has 3 rings (SSSR count). The van der Waals surface area contributed by atoms with E-state index in [1.807, 2.05) is 17.9 Å². The number of amides is 1. The van der Waals surface area contributed by atoms with Crippen molar-refractivity contribution in [2.75, 3.05) is 46.4 Å². The van der Waals surface area contributed by atoms with Gasteiger partial charge in [0.05, 0.1) is 0 Å². The van der Waals surface area contributed by atoms with Crippen LogP contribution < -0.4 is 0 Å². The second-order valence-corrected chi connectivity index (χ2v) is 8.92. The highest BCUT2D eigenvalue weighted by atomic mass is 127. The third kappa shape index (κ3) is 5.71. The Bertz CT molecular complexity index is 701. The van der Waals surface area contributed by atoms with Crippen LogP contribution in [0, 0.1) is 9.49 Å². The highest BCUT2D eigenvalue weighted by Crippen LogP contribution is 2.39. The van der Waals surface area contributed by atoms with Crippen LogP contribution in [0.2, 0.25) is 0 Å². The molecule has 2 heterocycles. The van der Waals surface area contributed by atoms with Crippen LogP contribution in [0.4, 0.5) is 0 Å². The van der Waals surface area contributed by atoms with Gasteiger partial charge in [-0.25, -0.2) is 0 Å². The summed E-state index contributed by atoms with van der Waals surface area (Å²) in [6.07, 6.45) is 2.92. The zero-order chi connectivity index (χ0) is 20.8. The molecule has 2 aliphatic rings. The smallest absolute Gasteiger partial charge is 0.288 e. The van der Waals surface area contributed by atoms with Crippen LogP contribution in [0.3, 0.4) is 0 Å². The third-order valence-electron chi connectivity index (χ3n) is 5.67. The van der Waals surface area contributed by atoms with Crippen molar-refractivity contribution in [2.45, 2.75) is 32.0 Å². The molecule has 1 amide bonds. The minimum absolute atomic E-state index is 0.00950. The van der Waals surface area contributed by atoms with Gasteiger partial charge in [-0.15, -0.1) is 0 Å². The first kappa shape index (κ1) is 22.5. The van der Waals surface area contributed by atoms with Gasteiger partial charge in [0.15, 0.2) is 5.76 Å². The maximum absolute atomic E-state index is 13.2. The maximum atomic E-state index is 13.2. The molecule has 1 aromatic rings. The normalized spacial score (nSPS) is 25.4. The molecule has 29 heavy (non-hydrogen) atoms. The summed E-state index contributed by atoms with van der Waals surface area (Å²) >= 11 is 2.30. The number of likely N-dealkylation sites (N-methyl/N-ethyl adjacent to an activating group) is 1. The van der Waals surface area contributed by atoms with Crippen molar-refractivity contribution in [3.8, 4) is 0 Å². The Morgan fingerprint density at radius 3 is 2.55 bits per heavy atom. The first-order valence-electron chi connectivity index (χ1n) is 10.4. The number of piperazine rings is 1. The van der Waals surface area contributed by atoms with Gasteiger partial charge in [-0.3, -0.25) is 4.79 Å². The predicted molar refractivity (Wildman–Crippen MR) is 120 cm³/mol. The Balaban J connectivity index is 1.90. The minimum Gasteiger partial charge on any atom is -0.459 e. The largest absolute Gasteiger partial charge is 0.459 e. The quantitative estimate of drug-likeness (QED) is 0.568. The van der Waals surface area contributed by atoms with E-state index in [-0.39, 0.29) is 24.3 Å². The zero-order valence-corrected chi connectivity index (χ0v) is 19.4. The van der Waals surface area contributed by atoms with Gasteiger partial charge in [0.2, 0.25) is 6.29 Å². The Kier molecular flexibility index (Phi) is 8.35. The van der Waals surface area contributed by atoms with Crippen molar-refractivity contribution >= 4 is 28.5 Å². The van der Waals surface area contributed by atoms with E-state index in [2.05, 4.69) is 58.8 Å². The molecule has 1 N–H and O–H groups in total. The second kappa shape index (κ2) is 10.7. The van der Waals surface area contributed by atoms with Gasteiger partial charge in [-0.2, -0.15) is 0 Å². The molecule has 0 saturated carbocycles. The summed E-state index contributed by atoms with van der Waals surface area (Å²) in [7, 11) is 2.07. The fourth-order valence-corrected chi connectivity index (χ4v) is 4.35. The van der Waals surface area contributed by atoms with E-state index in [0.29, 0.717) is 31.9 Å². The van der Waals surface area contributed by atoms with Crippen molar-refractivity contribution in [3.05, 3.63) is 45.2 Å². The Morgan fingerprint density at radius 2 is 1.93 bits per heavy atom. The molecule has 0 aliphatic carbocycles. The van der Waals surface area contributed by atoms with Gasteiger partial charge in [0.25, 0.3) is 5.91 Å². The molecule has 1 saturated heterocycles. The third-order valence-corrected chi connectivity index (χ3v) is 6.39. The Hall–Kier alpha value is -1.16. The molecule has 0 bridgehead atoms. The summed E-state index contributed by atoms with van der Waals surface area (Å²) in [5, 5.41) is 9.38. The van der Waals surface area contributed by atoms with Gasteiger partial charge in [0.1, 0.15) is 0 Å².